The van der Waals surface area contributed by atoms with Crippen molar-refractivity contribution in [2.75, 3.05) is 6.61 Å². The second-order valence-corrected chi connectivity index (χ2v) is 11.1. The molecule has 8 N–H and O–H groups in total. The molecule has 11 heteroatoms. The van der Waals surface area contributed by atoms with Gasteiger partial charge in [-0.1, -0.05) is 30.4 Å². The summed E-state index contributed by atoms with van der Waals surface area (Å²) in [5.74, 6) is 0.110. The monoisotopic (exact) mass is 616 g/mol. The van der Waals surface area contributed by atoms with Crippen molar-refractivity contribution in [2.24, 2.45) is 0 Å². The molecule has 4 aromatic carbocycles. The molecule has 1 saturated heterocycles. The van der Waals surface area contributed by atoms with Gasteiger partial charge < -0.3 is 55.1 Å². The van der Waals surface area contributed by atoms with Crippen molar-refractivity contribution < 1.29 is 55.1 Å². The Kier molecular flexibility index (Phi) is 8.28. The zero-order valence-corrected chi connectivity index (χ0v) is 23.7. The lowest BCUT2D eigenvalue weighted by Gasteiger charge is -2.39. The van der Waals surface area contributed by atoms with Crippen LogP contribution in [0.25, 0.3) is 12.2 Å². The Morgan fingerprint density at radius 3 is 2.04 bits per heavy atom. The second kappa shape index (κ2) is 12.3. The number of aliphatic hydroxyl groups is 4. The van der Waals surface area contributed by atoms with Gasteiger partial charge in [-0.25, -0.2) is 0 Å². The highest BCUT2D eigenvalue weighted by Gasteiger charge is 2.44. The van der Waals surface area contributed by atoms with E-state index in [1.165, 1.54) is 18.2 Å². The summed E-state index contributed by atoms with van der Waals surface area (Å²) in [6.45, 7) is -0.603. The molecule has 0 aromatic heterocycles. The van der Waals surface area contributed by atoms with Crippen LogP contribution in [0.3, 0.4) is 0 Å². The van der Waals surface area contributed by atoms with E-state index in [-0.39, 0.29) is 28.7 Å². The van der Waals surface area contributed by atoms with Crippen LogP contribution in [0, 0.1) is 0 Å². The number of phenolic OH excluding ortho intramolecular Hbond substituents is 4. The smallest absolute Gasteiger partial charge is 0.229 e. The molecule has 0 bridgehead atoms. The SMILES string of the molecule is OC[C@H]1O[C@H](Oc2cc(O)cc(/C=C/c3ccc4c(c3)C(c3cc(O)cc(O)c3)C(c3ccc(O)cc3)O4)c2)[C@H](O)[C@@H](O)[C@@H]1O. The molecular weight excluding hydrogens is 584 g/mol. The normalized spacial score (nSPS) is 26.0. The molecule has 11 nitrogen and oxygen atoms in total. The first-order valence-electron chi connectivity index (χ1n) is 14.2. The topological polar surface area (TPSA) is 190 Å². The maximum absolute atomic E-state index is 10.3. The molecule has 0 radical (unpaired) electrons. The van der Waals surface area contributed by atoms with Crippen LogP contribution in [-0.4, -0.2) is 78.2 Å². The highest BCUT2D eigenvalue weighted by molar-refractivity contribution is 5.72. The quantitative estimate of drug-likeness (QED) is 0.142. The Balaban J connectivity index is 1.28. The van der Waals surface area contributed by atoms with Gasteiger partial charge in [0, 0.05) is 17.7 Å². The number of aromatic hydroxyl groups is 4. The third-order valence-corrected chi connectivity index (χ3v) is 7.91. The first-order valence-corrected chi connectivity index (χ1v) is 14.2. The molecule has 1 fully saturated rings. The number of hydrogen-bond donors (Lipinski definition) is 8. The molecule has 2 heterocycles. The first-order chi connectivity index (χ1) is 21.6. The minimum atomic E-state index is -1.61. The van der Waals surface area contributed by atoms with Crippen molar-refractivity contribution in [3.8, 4) is 34.5 Å². The van der Waals surface area contributed by atoms with E-state index in [1.807, 2.05) is 18.2 Å². The molecule has 6 rings (SSSR count). The summed E-state index contributed by atoms with van der Waals surface area (Å²) in [7, 11) is 0. The molecule has 0 amide bonds. The van der Waals surface area contributed by atoms with Crippen LogP contribution in [0.1, 0.15) is 39.8 Å². The zero-order chi connectivity index (χ0) is 31.8. The van der Waals surface area contributed by atoms with Gasteiger partial charge in [-0.15, -0.1) is 0 Å². The molecule has 0 spiro atoms. The van der Waals surface area contributed by atoms with Crippen LogP contribution < -0.4 is 9.47 Å². The summed E-state index contributed by atoms with van der Waals surface area (Å²) in [5.41, 5.74) is 3.54. The van der Waals surface area contributed by atoms with E-state index in [4.69, 9.17) is 14.2 Å². The van der Waals surface area contributed by atoms with Crippen molar-refractivity contribution in [3.05, 3.63) is 107 Å². The lowest BCUT2D eigenvalue weighted by Crippen LogP contribution is -2.60. The van der Waals surface area contributed by atoms with E-state index >= 15 is 0 Å². The highest BCUT2D eigenvalue weighted by atomic mass is 16.7. The van der Waals surface area contributed by atoms with E-state index in [0.717, 1.165) is 16.7 Å². The van der Waals surface area contributed by atoms with Gasteiger partial charge in [-0.05, 0) is 70.8 Å². The fourth-order valence-corrected chi connectivity index (χ4v) is 5.73. The average molecular weight is 617 g/mol. The van der Waals surface area contributed by atoms with Gasteiger partial charge >= 0.3 is 0 Å². The van der Waals surface area contributed by atoms with E-state index in [9.17, 15) is 40.9 Å². The fraction of sp³-hybridized carbons (Fsp3) is 0.235. The number of aliphatic hydroxyl groups excluding tert-OH is 4. The predicted octanol–water partition coefficient (Wildman–Crippen LogP) is 3.12. The number of ether oxygens (including phenoxy) is 3. The molecule has 2 aliphatic heterocycles. The van der Waals surface area contributed by atoms with Crippen LogP contribution >= 0.6 is 0 Å². The van der Waals surface area contributed by atoms with Gasteiger partial charge in [0.25, 0.3) is 0 Å². The number of rotatable bonds is 7. The predicted molar refractivity (Wildman–Crippen MR) is 161 cm³/mol. The second-order valence-electron chi connectivity index (χ2n) is 11.1. The van der Waals surface area contributed by atoms with Crippen LogP contribution in [0.2, 0.25) is 0 Å². The lowest BCUT2D eigenvalue weighted by atomic mass is 9.84. The number of fused-ring (bicyclic) bond motifs is 1. The summed E-state index contributed by atoms with van der Waals surface area (Å²) >= 11 is 0. The summed E-state index contributed by atoms with van der Waals surface area (Å²) in [5, 5.41) is 80.5. The number of hydrogen-bond acceptors (Lipinski definition) is 11. The maximum atomic E-state index is 10.3. The van der Waals surface area contributed by atoms with Crippen molar-refractivity contribution in [2.45, 2.75) is 42.7 Å². The summed E-state index contributed by atoms with van der Waals surface area (Å²) in [6.07, 6.45) is -4.27. The van der Waals surface area contributed by atoms with Crippen LogP contribution in [0.15, 0.2) is 78.9 Å². The van der Waals surface area contributed by atoms with Gasteiger partial charge in [0.15, 0.2) is 0 Å². The van der Waals surface area contributed by atoms with E-state index in [0.29, 0.717) is 16.9 Å². The van der Waals surface area contributed by atoms with Crippen molar-refractivity contribution in [1.82, 2.24) is 0 Å². The Morgan fingerprint density at radius 2 is 1.33 bits per heavy atom. The van der Waals surface area contributed by atoms with Crippen molar-refractivity contribution in [3.63, 3.8) is 0 Å². The molecule has 2 aliphatic rings. The van der Waals surface area contributed by atoms with Gasteiger partial charge in [0.2, 0.25) is 6.29 Å². The van der Waals surface area contributed by atoms with Gasteiger partial charge in [0.05, 0.1) is 12.5 Å². The van der Waals surface area contributed by atoms with Crippen molar-refractivity contribution >= 4 is 12.2 Å². The molecule has 7 atom stereocenters. The van der Waals surface area contributed by atoms with Crippen LogP contribution in [-0.2, 0) is 4.74 Å². The minimum absolute atomic E-state index is 0.0930. The number of benzene rings is 4. The van der Waals surface area contributed by atoms with E-state index in [2.05, 4.69) is 0 Å². The third kappa shape index (κ3) is 6.25. The lowest BCUT2D eigenvalue weighted by molar-refractivity contribution is -0.277. The van der Waals surface area contributed by atoms with Crippen LogP contribution in [0.4, 0.5) is 0 Å². The minimum Gasteiger partial charge on any atom is -0.508 e. The van der Waals surface area contributed by atoms with Crippen molar-refractivity contribution in [1.29, 1.82) is 0 Å². The molecule has 2 unspecified atom stereocenters. The molecule has 234 valence electrons. The Bertz CT molecular complexity index is 1680. The van der Waals surface area contributed by atoms with Crippen LogP contribution in [0.5, 0.6) is 34.5 Å². The number of phenols is 4. The average Bonchev–Trinajstić information content (AvgIpc) is 3.39. The molecule has 0 saturated carbocycles. The fourth-order valence-electron chi connectivity index (χ4n) is 5.73. The Hall–Kier alpha value is -4.78. The summed E-state index contributed by atoms with van der Waals surface area (Å²) in [4.78, 5) is 0. The maximum Gasteiger partial charge on any atom is 0.229 e. The van der Waals surface area contributed by atoms with Gasteiger partial charge in [-0.3, -0.25) is 0 Å². The van der Waals surface area contributed by atoms with Gasteiger partial charge in [-0.2, -0.15) is 0 Å². The molecule has 45 heavy (non-hydrogen) atoms. The molecule has 4 aromatic rings. The molecule has 0 aliphatic carbocycles. The Morgan fingerprint density at radius 1 is 0.644 bits per heavy atom. The van der Waals surface area contributed by atoms with E-state index < -0.39 is 49.3 Å². The first kappa shape index (κ1) is 30.3. The standard InChI is InChI=1S/C34H32O11/c35-16-28-30(40)31(41)32(42)34(45-28)43-25-10-18(9-22(37)15-25)2-1-17-3-8-27-26(11-17)29(20-12-23(38)14-24(39)13-20)33(44-27)19-4-6-21(36)7-5-19/h1-15,28-42H,16H2/b2-1+/t28-,29?,30-,31+,32-,33?,34+/m1/s1. The largest absolute Gasteiger partial charge is 0.508 e. The van der Waals surface area contributed by atoms with E-state index in [1.54, 1.807) is 54.6 Å². The summed E-state index contributed by atoms with van der Waals surface area (Å²) in [6, 6.07) is 21.0. The zero-order valence-electron chi connectivity index (χ0n) is 23.7. The van der Waals surface area contributed by atoms with Gasteiger partial charge in [0.1, 0.15) is 65.0 Å². The molecular formula is C34H32O11. The highest BCUT2D eigenvalue weighted by Crippen LogP contribution is 2.51. The third-order valence-electron chi connectivity index (χ3n) is 7.91. The Labute approximate surface area is 257 Å². The summed E-state index contributed by atoms with van der Waals surface area (Å²) < 4.78 is 17.4.